The zero-order valence-electron chi connectivity index (χ0n) is 14.4. The highest BCUT2D eigenvalue weighted by molar-refractivity contribution is 5.88. The molecule has 0 bridgehead atoms. The first-order valence-corrected chi connectivity index (χ1v) is 8.36. The van der Waals surface area contributed by atoms with Crippen molar-refractivity contribution in [2.75, 3.05) is 36.0 Å². The molecule has 1 fully saturated rings. The maximum Gasteiger partial charge on any atom is 0.158 e. The molecule has 6 heteroatoms. The van der Waals surface area contributed by atoms with Crippen molar-refractivity contribution in [3.8, 4) is 0 Å². The Balaban J connectivity index is 1.63. The number of fused-ring (bicyclic) bond motifs is 1. The van der Waals surface area contributed by atoms with Crippen LogP contribution in [-0.2, 0) is 7.05 Å². The van der Waals surface area contributed by atoms with Gasteiger partial charge in [0.25, 0.3) is 0 Å². The number of hydrogen-bond acceptors (Lipinski definition) is 5. The van der Waals surface area contributed by atoms with E-state index in [-0.39, 0.29) is 0 Å². The summed E-state index contributed by atoms with van der Waals surface area (Å²) in [6.45, 7) is 7.84. The summed E-state index contributed by atoms with van der Waals surface area (Å²) in [4.78, 5) is 14.1. The maximum absolute atomic E-state index is 4.73. The highest BCUT2D eigenvalue weighted by Gasteiger charge is 2.23. The number of anilines is 2. The second-order valence-corrected chi connectivity index (χ2v) is 6.31. The van der Waals surface area contributed by atoms with Crippen LogP contribution in [-0.4, -0.2) is 45.9 Å². The molecule has 0 N–H and O–H groups in total. The van der Waals surface area contributed by atoms with E-state index < -0.39 is 0 Å². The zero-order valence-corrected chi connectivity index (χ0v) is 14.4. The fourth-order valence-corrected chi connectivity index (χ4v) is 3.46. The number of rotatable bonds is 2. The predicted octanol–water partition coefficient (Wildman–Crippen LogP) is 2.31. The van der Waals surface area contributed by atoms with Crippen LogP contribution in [0.25, 0.3) is 11.0 Å². The van der Waals surface area contributed by atoms with Crippen molar-refractivity contribution in [1.29, 1.82) is 0 Å². The van der Waals surface area contributed by atoms with Crippen LogP contribution in [0.5, 0.6) is 0 Å². The number of benzene rings is 1. The van der Waals surface area contributed by atoms with Crippen LogP contribution in [0.1, 0.15) is 11.5 Å². The standard InChI is InChI=1S/C18H22N6/c1-13-16-17(22(3)21-13)18(20-14(2)19-16)24-11-9-23(10-12-24)15-7-5-4-6-8-15/h4-8H,9-12H2,1-3H3. The van der Waals surface area contributed by atoms with Gasteiger partial charge in [0.15, 0.2) is 5.82 Å². The molecule has 0 spiro atoms. The van der Waals surface area contributed by atoms with Crippen LogP contribution in [0.15, 0.2) is 30.3 Å². The molecule has 3 aromatic rings. The molecule has 0 atom stereocenters. The molecular formula is C18H22N6. The summed E-state index contributed by atoms with van der Waals surface area (Å²) in [5.41, 5.74) is 4.25. The van der Waals surface area contributed by atoms with E-state index in [2.05, 4.69) is 50.2 Å². The Morgan fingerprint density at radius 2 is 1.54 bits per heavy atom. The zero-order chi connectivity index (χ0) is 16.7. The number of piperazine rings is 1. The molecule has 2 aromatic heterocycles. The molecule has 4 rings (SSSR count). The third-order valence-corrected chi connectivity index (χ3v) is 4.64. The van der Waals surface area contributed by atoms with Gasteiger partial charge in [0.05, 0.1) is 5.69 Å². The van der Waals surface area contributed by atoms with E-state index in [1.54, 1.807) is 0 Å². The molecular weight excluding hydrogens is 300 g/mol. The number of para-hydroxylation sites is 1. The molecule has 1 aliphatic heterocycles. The number of aromatic nitrogens is 4. The molecule has 1 saturated heterocycles. The molecule has 0 unspecified atom stereocenters. The Bertz CT molecular complexity index is 862. The van der Waals surface area contributed by atoms with Crippen LogP contribution < -0.4 is 9.80 Å². The van der Waals surface area contributed by atoms with Crippen LogP contribution in [0, 0.1) is 13.8 Å². The van der Waals surface area contributed by atoms with Crippen molar-refractivity contribution in [1.82, 2.24) is 19.7 Å². The number of nitrogens with zero attached hydrogens (tertiary/aromatic N) is 6. The van der Waals surface area contributed by atoms with Gasteiger partial charge < -0.3 is 9.80 Å². The average Bonchev–Trinajstić information content (AvgIpc) is 2.89. The van der Waals surface area contributed by atoms with Gasteiger partial charge in [-0.3, -0.25) is 4.68 Å². The number of hydrogen-bond donors (Lipinski definition) is 0. The monoisotopic (exact) mass is 322 g/mol. The molecule has 1 aliphatic rings. The van der Waals surface area contributed by atoms with E-state index in [0.29, 0.717) is 0 Å². The van der Waals surface area contributed by atoms with E-state index >= 15 is 0 Å². The second kappa shape index (κ2) is 5.78. The molecule has 124 valence electrons. The van der Waals surface area contributed by atoms with Crippen LogP contribution in [0.2, 0.25) is 0 Å². The minimum Gasteiger partial charge on any atom is -0.368 e. The molecule has 0 radical (unpaired) electrons. The van der Waals surface area contributed by atoms with E-state index in [9.17, 15) is 0 Å². The minimum absolute atomic E-state index is 0.805. The summed E-state index contributed by atoms with van der Waals surface area (Å²) in [6.07, 6.45) is 0. The summed E-state index contributed by atoms with van der Waals surface area (Å²) in [6, 6.07) is 10.6. The van der Waals surface area contributed by atoms with Gasteiger partial charge in [0.2, 0.25) is 0 Å². The van der Waals surface area contributed by atoms with Crippen molar-refractivity contribution in [3.05, 3.63) is 41.9 Å². The quantitative estimate of drug-likeness (QED) is 0.725. The van der Waals surface area contributed by atoms with Crippen LogP contribution in [0.4, 0.5) is 11.5 Å². The Kier molecular flexibility index (Phi) is 3.59. The van der Waals surface area contributed by atoms with Gasteiger partial charge in [0.1, 0.15) is 16.9 Å². The Hall–Kier alpha value is -2.63. The van der Waals surface area contributed by atoms with E-state index in [0.717, 1.165) is 54.5 Å². The Labute approximate surface area is 141 Å². The Morgan fingerprint density at radius 1 is 0.875 bits per heavy atom. The molecule has 0 saturated carbocycles. The van der Waals surface area contributed by atoms with Gasteiger partial charge in [0, 0.05) is 38.9 Å². The van der Waals surface area contributed by atoms with E-state index in [4.69, 9.17) is 4.98 Å². The van der Waals surface area contributed by atoms with Crippen LogP contribution >= 0.6 is 0 Å². The normalized spacial score (nSPS) is 15.3. The summed E-state index contributed by atoms with van der Waals surface area (Å²) >= 11 is 0. The largest absolute Gasteiger partial charge is 0.368 e. The minimum atomic E-state index is 0.805. The first kappa shape index (κ1) is 14.9. The third-order valence-electron chi connectivity index (χ3n) is 4.64. The second-order valence-electron chi connectivity index (χ2n) is 6.31. The third kappa shape index (κ3) is 2.48. The summed E-state index contributed by atoms with van der Waals surface area (Å²) < 4.78 is 1.91. The number of aryl methyl sites for hydroxylation is 3. The van der Waals surface area contributed by atoms with Crippen molar-refractivity contribution >= 4 is 22.5 Å². The van der Waals surface area contributed by atoms with Gasteiger partial charge in [-0.15, -0.1) is 0 Å². The molecule has 0 aliphatic carbocycles. The lowest BCUT2D eigenvalue weighted by molar-refractivity contribution is 0.645. The van der Waals surface area contributed by atoms with E-state index in [1.165, 1.54) is 5.69 Å². The molecule has 24 heavy (non-hydrogen) atoms. The summed E-state index contributed by atoms with van der Waals surface area (Å²) in [5.74, 6) is 1.81. The summed E-state index contributed by atoms with van der Waals surface area (Å²) in [5, 5.41) is 4.53. The predicted molar refractivity (Wildman–Crippen MR) is 96.6 cm³/mol. The fraction of sp³-hybridized carbons (Fsp3) is 0.389. The van der Waals surface area contributed by atoms with Gasteiger partial charge in [-0.25, -0.2) is 9.97 Å². The fourth-order valence-electron chi connectivity index (χ4n) is 3.46. The van der Waals surface area contributed by atoms with Gasteiger partial charge in [-0.05, 0) is 26.0 Å². The topological polar surface area (TPSA) is 50.1 Å². The highest BCUT2D eigenvalue weighted by atomic mass is 15.3. The van der Waals surface area contributed by atoms with Crippen molar-refractivity contribution in [2.45, 2.75) is 13.8 Å². The van der Waals surface area contributed by atoms with Crippen molar-refractivity contribution in [3.63, 3.8) is 0 Å². The molecule has 0 amide bonds. The summed E-state index contributed by atoms with van der Waals surface area (Å²) in [7, 11) is 1.97. The molecule has 3 heterocycles. The Morgan fingerprint density at radius 3 is 2.25 bits per heavy atom. The van der Waals surface area contributed by atoms with Crippen molar-refractivity contribution in [2.24, 2.45) is 7.05 Å². The smallest absolute Gasteiger partial charge is 0.158 e. The van der Waals surface area contributed by atoms with Crippen LogP contribution in [0.3, 0.4) is 0 Å². The van der Waals surface area contributed by atoms with Gasteiger partial charge >= 0.3 is 0 Å². The van der Waals surface area contributed by atoms with E-state index in [1.807, 2.05) is 25.6 Å². The first-order chi connectivity index (χ1) is 11.6. The first-order valence-electron chi connectivity index (χ1n) is 8.36. The van der Waals surface area contributed by atoms with Gasteiger partial charge in [-0.2, -0.15) is 5.10 Å². The SMILES string of the molecule is Cc1nc(N2CCN(c3ccccc3)CC2)c2c(n1)c(C)nn2C. The lowest BCUT2D eigenvalue weighted by Crippen LogP contribution is -2.47. The highest BCUT2D eigenvalue weighted by Crippen LogP contribution is 2.27. The maximum atomic E-state index is 4.73. The van der Waals surface area contributed by atoms with Gasteiger partial charge in [-0.1, -0.05) is 18.2 Å². The molecule has 1 aromatic carbocycles. The van der Waals surface area contributed by atoms with Crippen molar-refractivity contribution < 1.29 is 0 Å². The average molecular weight is 322 g/mol. The lowest BCUT2D eigenvalue weighted by atomic mass is 10.2. The molecule has 6 nitrogen and oxygen atoms in total. The lowest BCUT2D eigenvalue weighted by Gasteiger charge is -2.37.